The Hall–Kier alpha value is -3.03. The van der Waals surface area contributed by atoms with Gasteiger partial charge in [-0.2, -0.15) is 0 Å². The van der Waals surface area contributed by atoms with Crippen molar-refractivity contribution >= 4 is 17.6 Å². The average Bonchev–Trinajstić information content (AvgIpc) is 2.68. The number of hydrogen-bond acceptors (Lipinski definition) is 2. The zero-order valence-corrected chi connectivity index (χ0v) is 14.9. The van der Waals surface area contributed by atoms with E-state index in [0.29, 0.717) is 12.5 Å². The molecule has 144 valence electrons. The number of hydrogen-bond donors (Lipinski definition) is 3. The Morgan fingerprint density at radius 3 is 2.44 bits per heavy atom. The molecule has 0 saturated heterocycles. The Kier molecular flexibility index (Phi) is 7.66. The summed E-state index contributed by atoms with van der Waals surface area (Å²) < 4.78 is 39.6. The van der Waals surface area contributed by atoms with Crippen LogP contribution in [0.1, 0.15) is 12.0 Å². The quantitative estimate of drug-likeness (QED) is 0.300. The van der Waals surface area contributed by atoms with Gasteiger partial charge in [0.05, 0.1) is 12.2 Å². The first-order chi connectivity index (χ1) is 13.0. The number of nitrogens with zero attached hydrogens (tertiary/aromatic N) is 1. The van der Waals surface area contributed by atoms with E-state index >= 15 is 0 Å². The fourth-order valence-corrected chi connectivity index (χ4v) is 2.35. The van der Waals surface area contributed by atoms with E-state index in [1.807, 2.05) is 18.2 Å². The molecule has 0 aliphatic carbocycles. The molecule has 8 heteroatoms. The normalized spacial score (nSPS) is 11.2. The number of rotatable bonds is 7. The number of anilines is 1. The summed E-state index contributed by atoms with van der Waals surface area (Å²) in [6.07, 6.45) is 1.78. The molecule has 5 nitrogen and oxygen atoms in total. The summed E-state index contributed by atoms with van der Waals surface area (Å²) in [5.74, 6) is -4.59. The lowest BCUT2D eigenvalue weighted by molar-refractivity contribution is -0.115. The highest BCUT2D eigenvalue weighted by molar-refractivity contribution is 5.95. The number of aliphatic imine (C=N–C) groups is 1. The van der Waals surface area contributed by atoms with Crippen LogP contribution in [0.5, 0.6) is 0 Å². The molecular formula is C19H21F3N4O. The second-order valence-corrected chi connectivity index (χ2v) is 5.71. The third kappa shape index (κ3) is 6.32. The lowest BCUT2D eigenvalue weighted by atomic mass is 10.1. The molecule has 3 N–H and O–H groups in total. The minimum atomic E-state index is -1.63. The molecule has 2 rings (SSSR count). The largest absolute Gasteiger partial charge is 0.356 e. The molecule has 1 amide bonds. The first kappa shape index (κ1) is 20.3. The molecular weight excluding hydrogens is 357 g/mol. The maximum absolute atomic E-state index is 13.5. The fourth-order valence-electron chi connectivity index (χ4n) is 2.35. The van der Waals surface area contributed by atoms with E-state index in [0.717, 1.165) is 25.0 Å². The molecule has 0 unspecified atom stereocenters. The summed E-state index contributed by atoms with van der Waals surface area (Å²) in [6.45, 7) is 0.435. The van der Waals surface area contributed by atoms with E-state index < -0.39 is 29.0 Å². The summed E-state index contributed by atoms with van der Waals surface area (Å²) in [5, 5.41) is 8.01. The molecule has 0 bridgehead atoms. The van der Waals surface area contributed by atoms with Crippen LogP contribution in [0, 0.1) is 17.5 Å². The van der Waals surface area contributed by atoms with E-state index in [1.54, 1.807) is 7.05 Å². The summed E-state index contributed by atoms with van der Waals surface area (Å²) in [5.41, 5.74) is 0.807. The predicted octanol–water partition coefficient (Wildman–Crippen LogP) is 2.84. The fraction of sp³-hybridized carbons (Fsp3) is 0.263. The van der Waals surface area contributed by atoms with Crippen molar-refractivity contribution in [2.75, 3.05) is 25.5 Å². The van der Waals surface area contributed by atoms with Crippen LogP contribution in [0.2, 0.25) is 0 Å². The molecule has 0 radical (unpaired) electrons. The number of amides is 1. The highest BCUT2D eigenvalue weighted by Crippen LogP contribution is 2.19. The van der Waals surface area contributed by atoms with Crippen LogP contribution in [0.3, 0.4) is 0 Å². The van der Waals surface area contributed by atoms with E-state index in [1.165, 1.54) is 5.56 Å². The van der Waals surface area contributed by atoms with Crippen molar-refractivity contribution in [1.29, 1.82) is 0 Å². The van der Waals surface area contributed by atoms with Crippen molar-refractivity contribution in [2.24, 2.45) is 4.99 Å². The number of aryl methyl sites for hydroxylation is 1. The lowest BCUT2D eigenvalue weighted by Crippen LogP contribution is -2.41. The smallest absolute Gasteiger partial charge is 0.243 e. The standard InChI is InChI=1S/C19H21F3N4O/c1-23-19(24-11-5-8-13-6-3-2-4-7-13)25-12-16(27)26-15-10-9-14(20)17(21)18(15)22/h2-4,6-7,9-10H,5,8,11-12H2,1H3,(H,26,27)(H2,23,24,25). The van der Waals surface area contributed by atoms with Gasteiger partial charge in [0.2, 0.25) is 5.91 Å². The minimum absolute atomic E-state index is 0.212. The van der Waals surface area contributed by atoms with Gasteiger partial charge in [0.1, 0.15) is 0 Å². The summed E-state index contributed by atoms with van der Waals surface area (Å²) in [7, 11) is 1.56. The Labute approximate surface area is 155 Å². The number of carbonyl (C=O) groups excluding carboxylic acids is 1. The molecule has 0 heterocycles. The molecule has 0 saturated carbocycles. The summed E-state index contributed by atoms with van der Waals surface area (Å²) in [4.78, 5) is 15.8. The second-order valence-electron chi connectivity index (χ2n) is 5.71. The first-order valence-electron chi connectivity index (χ1n) is 8.43. The number of benzene rings is 2. The van der Waals surface area contributed by atoms with Crippen molar-refractivity contribution in [1.82, 2.24) is 10.6 Å². The number of nitrogens with one attached hydrogen (secondary N) is 3. The van der Waals surface area contributed by atoms with Crippen LogP contribution in [-0.2, 0) is 11.2 Å². The van der Waals surface area contributed by atoms with Gasteiger partial charge in [0.25, 0.3) is 0 Å². The Morgan fingerprint density at radius 2 is 1.74 bits per heavy atom. The van der Waals surface area contributed by atoms with Gasteiger partial charge in [-0.05, 0) is 30.5 Å². The molecule has 0 aromatic heterocycles. The number of halogens is 3. The Morgan fingerprint density at radius 1 is 1.00 bits per heavy atom. The zero-order valence-electron chi connectivity index (χ0n) is 14.9. The second kappa shape index (κ2) is 10.2. The van der Waals surface area contributed by atoms with E-state index in [9.17, 15) is 18.0 Å². The number of carbonyl (C=O) groups is 1. The Balaban J connectivity index is 1.73. The topological polar surface area (TPSA) is 65.5 Å². The van der Waals surface area contributed by atoms with Gasteiger partial charge < -0.3 is 16.0 Å². The molecule has 0 atom stereocenters. The molecule has 0 aliphatic heterocycles. The minimum Gasteiger partial charge on any atom is -0.356 e. The first-order valence-corrected chi connectivity index (χ1v) is 8.43. The van der Waals surface area contributed by atoms with Gasteiger partial charge in [-0.15, -0.1) is 0 Å². The van der Waals surface area contributed by atoms with E-state index in [2.05, 4.69) is 33.1 Å². The third-order valence-corrected chi connectivity index (χ3v) is 3.73. The van der Waals surface area contributed by atoms with Crippen molar-refractivity contribution in [3.8, 4) is 0 Å². The summed E-state index contributed by atoms with van der Waals surface area (Å²) >= 11 is 0. The van der Waals surface area contributed by atoms with E-state index in [4.69, 9.17) is 0 Å². The Bertz CT molecular complexity index is 797. The van der Waals surface area contributed by atoms with Gasteiger partial charge in [0, 0.05) is 13.6 Å². The van der Waals surface area contributed by atoms with Gasteiger partial charge in [-0.3, -0.25) is 9.79 Å². The SMILES string of the molecule is CN=C(NCCCc1ccccc1)NCC(=O)Nc1ccc(F)c(F)c1F. The van der Waals surface area contributed by atoms with Gasteiger partial charge in [-0.1, -0.05) is 30.3 Å². The van der Waals surface area contributed by atoms with Crippen molar-refractivity contribution in [2.45, 2.75) is 12.8 Å². The van der Waals surface area contributed by atoms with Crippen molar-refractivity contribution < 1.29 is 18.0 Å². The van der Waals surface area contributed by atoms with Crippen LogP contribution < -0.4 is 16.0 Å². The highest BCUT2D eigenvalue weighted by Gasteiger charge is 2.15. The van der Waals surface area contributed by atoms with Crippen LogP contribution in [0.25, 0.3) is 0 Å². The third-order valence-electron chi connectivity index (χ3n) is 3.73. The maximum Gasteiger partial charge on any atom is 0.243 e. The van der Waals surface area contributed by atoms with Crippen molar-refractivity contribution in [3.63, 3.8) is 0 Å². The van der Waals surface area contributed by atoms with Crippen molar-refractivity contribution in [3.05, 3.63) is 65.5 Å². The van der Waals surface area contributed by atoms with Gasteiger partial charge in [0.15, 0.2) is 23.4 Å². The molecule has 0 spiro atoms. The molecule has 2 aromatic rings. The highest BCUT2D eigenvalue weighted by atomic mass is 19.2. The predicted molar refractivity (Wildman–Crippen MR) is 99.1 cm³/mol. The van der Waals surface area contributed by atoms with Gasteiger partial charge >= 0.3 is 0 Å². The monoisotopic (exact) mass is 378 g/mol. The van der Waals surface area contributed by atoms with E-state index in [-0.39, 0.29) is 6.54 Å². The molecule has 27 heavy (non-hydrogen) atoms. The lowest BCUT2D eigenvalue weighted by Gasteiger charge is -2.12. The molecule has 0 fully saturated rings. The van der Waals surface area contributed by atoms with Crippen LogP contribution in [-0.4, -0.2) is 32.0 Å². The maximum atomic E-state index is 13.5. The summed E-state index contributed by atoms with van der Waals surface area (Å²) in [6, 6.07) is 11.7. The zero-order chi connectivity index (χ0) is 19.6. The molecule has 0 aliphatic rings. The number of guanidine groups is 1. The average molecular weight is 378 g/mol. The van der Waals surface area contributed by atoms with Gasteiger partial charge in [-0.25, -0.2) is 13.2 Å². The molecule has 2 aromatic carbocycles. The van der Waals surface area contributed by atoms with Crippen LogP contribution in [0.4, 0.5) is 18.9 Å². The van der Waals surface area contributed by atoms with Crippen LogP contribution in [0.15, 0.2) is 47.5 Å². The van der Waals surface area contributed by atoms with Crippen LogP contribution >= 0.6 is 0 Å².